The molecule has 0 aliphatic rings. The lowest BCUT2D eigenvalue weighted by molar-refractivity contribution is 0.305. The van der Waals surface area contributed by atoms with E-state index in [2.05, 4.69) is 15.3 Å². The molecule has 2 rings (SSSR count). The second-order valence-electron chi connectivity index (χ2n) is 4.07. The monoisotopic (exact) mass is 261 g/mol. The summed E-state index contributed by atoms with van der Waals surface area (Å²) in [4.78, 5) is 8.12. The van der Waals surface area contributed by atoms with E-state index in [0.29, 0.717) is 24.8 Å². The van der Waals surface area contributed by atoms with Crippen LogP contribution in [0.5, 0.6) is 5.88 Å². The highest BCUT2D eigenvalue weighted by Gasteiger charge is 2.00. The van der Waals surface area contributed by atoms with Crippen molar-refractivity contribution < 1.29 is 9.13 Å². The van der Waals surface area contributed by atoms with Gasteiger partial charge in [-0.2, -0.15) is 0 Å². The molecule has 1 N–H and O–H groups in total. The molecule has 0 saturated heterocycles. The fourth-order valence-electron chi connectivity index (χ4n) is 1.52. The van der Waals surface area contributed by atoms with E-state index in [1.54, 1.807) is 18.2 Å². The number of ether oxygens (including phenoxy) is 1. The number of anilines is 1. The molecule has 0 fully saturated rings. The predicted octanol–water partition coefficient (Wildman–Crippen LogP) is 3.02. The Kier molecular flexibility index (Phi) is 4.66. The summed E-state index contributed by atoms with van der Waals surface area (Å²) in [6, 6.07) is 8.09. The fourth-order valence-corrected chi connectivity index (χ4v) is 1.52. The van der Waals surface area contributed by atoms with Gasteiger partial charge in [0.15, 0.2) is 0 Å². The van der Waals surface area contributed by atoms with Gasteiger partial charge in [-0.05, 0) is 24.1 Å². The van der Waals surface area contributed by atoms with E-state index in [9.17, 15) is 4.39 Å². The number of rotatable bonds is 6. The summed E-state index contributed by atoms with van der Waals surface area (Å²) in [5.41, 5.74) is 0.982. The summed E-state index contributed by atoms with van der Waals surface area (Å²) >= 11 is 0. The minimum atomic E-state index is -0.235. The molecule has 0 aliphatic carbocycles. The van der Waals surface area contributed by atoms with Gasteiger partial charge in [0.1, 0.15) is 18.0 Å². The molecule has 0 amide bonds. The number of nitrogens with zero attached hydrogens (tertiary/aromatic N) is 2. The highest BCUT2D eigenvalue weighted by molar-refractivity contribution is 5.38. The van der Waals surface area contributed by atoms with E-state index < -0.39 is 0 Å². The summed E-state index contributed by atoms with van der Waals surface area (Å²) in [6.07, 6.45) is 2.39. The summed E-state index contributed by atoms with van der Waals surface area (Å²) in [7, 11) is 0. The van der Waals surface area contributed by atoms with E-state index in [4.69, 9.17) is 4.74 Å². The molecule has 1 aromatic carbocycles. The van der Waals surface area contributed by atoms with Gasteiger partial charge in [-0.3, -0.25) is 0 Å². The normalized spacial score (nSPS) is 10.2. The van der Waals surface area contributed by atoms with Crippen molar-refractivity contribution in [3.05, 3.63) is 48.0 Å². The molecule has 0 unspecified atom stereocenters. The van der Waals surface area contributed by atoms with E-state index in [0.717, 1.165) is 12.0 Å². The Labute approximate surface area is 111 Å². The molecule has 4 nitrogen and oxygen atoms in total. The minimum absolute atomic E-state index is 0.235. The van der Waals surface area contributed by atoms with E-state index in [-0.39, 0.29) is 5.82 Å². The van der Waals surface area contributed by atoms with Gasteiger partial charge in [-0.15, -0.1) is 0 Å². The lowest BCUT2D eigenvalue weighted by atomic mass is 10.2. The Balaban J connectivity index is 1.93. The number of aromatic nitrogens is 2. The third-order valence-corrected chi connectivity index (χ3v) is 2.48. The Hall–Kier alpha value is -2.17. The van der Waals surface area contributed by atoms with Crippen LogP contribution >= 0.6 is 0 Å². The lowest BCUT2D eigenvalue weighted by Crippen LogP contribution is -2.03. The summed E-state index contributed by atoms with van der Waals surface area (Å²) < 4.78 is 18.2. The first kappa shape index (κ1) is 13.3. The van der Waals surface area contributed by atoms with Gasteiger partial charge in [0.2, 0.25) is 5.88 Å². The molecule has 19 heavy (non-hydrogen) atoms. The number of benzene rings is 1. The zero-order chi connectivity index (χ0) is 13.5. The molecule has 1 heterocycles. The molecule has 5 heteroatoms. The topological polar surface area (TPSA) is 47.0 Å². The van der Waals surface area contributed by atoms with Gasteiger partial charge in [0.25, 0.3) is 0 Å². The first-order valence-corrected chi connectivity index (χ1v) is 6.21. The molecule has 0 aliphatic heterocycles. The van der Waals surface area contributed by atoms with Crippen molar-refractivity contribution in [3.8, 4) is 5.88 Å². The Morgan fingerprint density at radius 2 is 2.00 bits per heavy atom. The number of hydrogen-bond donors (Lipinski definition) is 1. The van der Waals surface area contributed by atoms with Crippen LogP contribution in [0.3, 0.4) is 0 Å². The summed E-state index contributed by atoms with van der Waals surface area (Å²) in [5.74, 6) is 1.00. The largest absolute Gasteiger partial charge is 0.478 e. The van der Waals surface area contributed by atoms with Crippen molar-refractivity contribution in [2.75, 3.05) is 11.9 Å². The second-order valence-corrected chi connectivity index (χ2v) is 4.07. The van der Waals surface area contributed by atoms with Crippen LogP contribution in [-0.4, -0.2) is 16.6 Å². The van der Waals surface area contributed by atoms with Crippen molar-refractivity contribution in [2.24, 2.45) is 0 Å². The van der Waals surface area contributed by atoms with Crippen molar-refractivity contribution in [2.45, 2.75) is 19.9 Å². The van der Waals surface area contributed by atoms with Gasteiger partial charge >= 0.3 is 0 Å². The summed E-state index contributed by atoms with van der Waals surface area (Å²) in [5, 5.41) is 3.14. The van der Waals surface area contributed by atoms with Crippen molar-refractivity contribution in [1.29, 1.82) is 0 Å². The second kappa shape index (κ2) is 6.68. The van der Waals surface area contributed by atoms with E-state index in [1.807, 2.05) is 6.92 Å². The van der Waals surface area contributed by atoms with E-state index in [1.165, 1.54) is 18.5 Å². The van der Waals surface area contributed by atoms with Gasteiger partial charge in [-0.25, -0.2) is 14.4 Å². The van der Waals surface area contributed by atoms with Gasteiger partial charge in [0, 0.05) is 12.6 Å². The van der Waals surface area contributed by atoms with Crippen LogP contribution in [0.2, 0.25) is 0 Å². The highest BCUT2D eigenvalue weighted by atomic mass is 19.1. The van der Waals surface area contributed by atoms with Crippen molar-refractivity contribution in [1.82, 2.24) is 9.97 Å². The third kappa shape index (κ3) is 4.21. The molecule has 0 spiro atoms. The Morgan fingerprint density at radius 3 is 2.74 bits per heavy atom. The van der Waals surface area contributed by atoms with Gasteiger partial charge in [0.05, 0.1) is 6.61 Å². The zero-order valence-electron chi connectivity index (χ0n) is 10.8. The average Bonchev–Trinajstić information content (AvgIpc) is 2.45. The standard InChI is InChI=1S/C14H16FN3O/c1-2-7-19-14-8-13(17-10-18-14)16-9-11-3-5-12(15)6-4-11/h3-6,8,10H,2,7,9H2,1H3,(H,16,17,18). The first-order valence-electron chi connectivity index (χ1n) is 6.21. The van der Waals surface area contributed by atoms with Crippen LogP contribution in [0.4, 0.5) is 10.2 Å². The minimum Gasteiger partial charge on any atom is -0.478 e. The number of hydrogen-bond acceptors (Lipinski definition) is 4. The first-order chi connectivity index (χ1) is 9.28. The van der Waals surface area contributed by atoms with E-state index >= 15 is 0 Å². The Morgan fingerprint density at radius 1 is 1.21 bits per heavy atom. The lowest BCUT2D eigenvalue weighted by Gasteiger charge is -2.07. The fraction of sp³-hybridized carbons (Fsp3) is 0.286. The van der Waals surface area contributed by atoms with Crippen LogP contribution in [0.1, 0.15) is 18.9 Å². The summed E-state index contributed by atoms with van der Waals surface area (Å²) in [6.45, 7) is 3.24. The van der Waals surface area contributed by atoms with Crippen molar-refractivity contribution >= 4 is 5.82 Å². The third-order valence-electron chi connectivity index (χ3n) is 2.48. The van der Waals surface area contributed by atoms with Crippen molar-refractivity contribution in [3.63, 3.8) is 0 Å². The van der Waals surface area contributed by atoms with Crippen LogP contribution < -0.4 is 10.1 Å². The molecule has 0 saturated carbocycles. The maximum Gasteiger partial charge on any atom is 0.218 e. The van der Waals surface area contributed by atoms with Crippen LogP contribution in [0.15, 0.2) is 36.7 Å². The highest BCUT2D eigenvalue weighted by Crippen LogP contribution is 2.12. The smallest absolute Gasteiger partial charge is 0.218 e. The zero-order valence-corrected chi connectivity index (χ0v) is 10.8. The number of halogens is 1. The average molecular weight is 261 g/mol. The molecular formula is C14H16FN3O. The van der Waals surface area contributed by atoms with Crippen LogP contribution in [0.25, 0.3) is 0 Å². The molecular weight excluding hydrogens is 245 g/mol. The van der Waals surface area contributed by atoms with Crippen LogP contribution in [0, 0.1) is 5.82 Å². The SMILES string of the molecule is CCCOc1cc(NCc2ccc(F)cc2)ncn1. The molecule has 0 atom stereocenters. The maximum atomic E-state index is 12.8. The van der Waals surface area contributed by atoms with Gasteiger partial charge < -0.3 is 10.1 Å². The molecule has 0 radical (unpaired) electrons. The molecule has 2 aromatic rings. The molecule has 1 aromatic heterocycles. The predicted molar refractivity (Wildman–Crippen MR) is 71.5 cm³/mol. The maximum absolute atomic E-state index is 12.8. The molecule has 100 valence electrons. The molecule has 0 bridgehead atoms. The Bertz CT molecular complexity index is 516. The quantitative estimate of drug-likeness (QED) is 0.868. The van der Waals surface area contributed by atoms with Gasteiger partial charge in [-0.1, -0.05) is 19.1 Å². The number of nitrogens with one attached hydrogen (secondary N) is 1. The van der Waals surface area contributed by atoms with Crippen LogP contribution in [-0.2, 0) is 6.54 Å².